The van der Waals surface area contributed by atoms with Gasteiger partial charge >= 0.3 is 0 Å². The molecule has 1 aliphatic carbocycles. The van der Waals surface area contributed by atoms with Crippen molar-refractivity contribution < 1.29 is 9.47 Å². The van der Waals surface area contributed by atoms with Crippen LogP contribution in [0.4, 0.5) is 0 Å². The largest absolute Gasteiger partial charge is 0.481 e. The molecule has 0 bridgehead atoms. The van der Waals surface area contributed by atoms with Crippen LogP contribution >= 0.6 is 0 Å². The molecular formula is C24H20O2. The number of rotatable bonds is 5. The molecule has 0 fully saturated rings. The molecule has 2 atom stereocenters. The average molecular weight is 340 g/mol. The molecule has 3 aromatic rings. The lowest BCUT2D eigenvalue weighted by molar-refractivity contribution is 0.0157. The summed E-state index contributed by atoms with van der Waals surface area (Å²) in [6, 6.07) is 29.9. The summed E-state index contributed by atoms with van der Waals surface area (Å²) in [4.78, 5) is 0. The van der Waals surface area contributed by atoms with E-state index < -0.39 is 5.60 Å². The van der Waals surface area contributed by atoms with Crippen LogP contribution in [0.15, 0.2) is 115 Å². The quantitative estimate of drug-likeness (QED) is 0.607. The van der Waals surface area contributed by atoms with E-state index in [0.717, 1.165) is 17.1 Å². The summed E-state index contributed by atoms with van der Waals surface area (Å²) in [5.74, 6) is 1.62. The van der Waals surface area contributed by atoms with Gasteiger partial charge in [-0.2, -0.15) is 0 Å². The highest BCUT2D eigenvalue weighted by Crippen LogP contribution is 2.37. The number of allylic oxidation sites excluding steroid dienone is 2. The summed E-state index contributed by atoms with van der Waals surface area (Å²) in [6.07, 6.45) is 7.84. The van der Waals surface area contributed by atoms with Gasteiger partial charge in [-0.15, -0.1) is 0 Å². The molecule has 3 aromatic carbocycles. The van der Waals surface area contributed by atoms with Crippen LogP contribution in [0.3, 0.4) is 0 Å². The summed E-state index contributed by atoms with van der Waals surface area (Å²) >= 11 is 0. The molecule has 2 unspecified atom stereocenters. The third-order valence-electron chi connectivity index (χ3n) is 4.42. The summed E-state index contributed by atoms with van der Waals surface area (Å²) in [6.45, 7) is 0. The van der Waals surface area contributed by atoms with Crippen LogP contribution in [0, 0.1) is 0 Å². The number of hydrogen-bond donors (Lipinski definition) is 0. The van der Waals surface area contributed by atoms with Gasteiger partial charge in [-0.3, -0.25) is 0 Å². The lowest BCUT2D eigenvalue weighted by atomic mass is 9.84. The van der Waals surface area contributed by atoms with E-state index in [2.05, 4.69) is 18.2 Å². The molecule has 0 heterocycles. The van der Waals surface area contributed by atoms with Crippen LogP contribution in [-0.2, 0) is 5.60 Å². The maximum Gasteiger partial charge on any atom is 0.193 e. The SMILES string of the molecule is C1=CC(Oc2ccccc2)C(Oc2ccccc2)(c2ccccc2)C=C1. The predicted molar refractivity (Wildman–Crippen MR) is 104 cm³/mol. The van der Waals surface area contributed by atoms with Crippen molar-refractivity contribution >= 4 is 0 Å². The van der Waals surface area contributed by atoms with E-state index in [0.29, 0.717) is 0 Å². The normalized spacial score (nSPS) is 21.3. The van der Waals surface area contributed by atoms with Crippen LogP contribution in [0.1, 0.15) is 5.56 Å². The summed E-state index contributed by atoms with van der Waals surface area (Å²) < 4.78 is 12.9. The fraction of sp³-hybridized carbons (Fsp3) is 0.0833. The van der Waals surface area contributed by atoms with Gasteiger partial charge in [0.05, 0.1) is 0 Å². The Morgan fingerprint density at radius 3 is 1.85 bits per heavy atom. The monoisotopic (exact) mass is 340 g/mol. The third-order valence-corrected chi connectivity index (χ3v) is 4.42. The molecule has 2 heteroatoms. The molecular weight excluding hydrogens is 320 g/mol. The molecule has 128 valence electrons. The Labute approximate surface area is 154 Å². The summed E-state index contributed by atoms with van der Waals surface area (Å²) in [7, 11) is 0. The standard InChI is InChI=1S/C24H20O2/c1-4-12-20(13-5-1)24(26-22-16-8-3-9-17-22)19-11-10-18-23(24)25-21-14-6-2-7-15-21/h1-19,23H. The van der Waals surface area contributed by atoms with Gasteiger partial charge in [-0.05, 0) is 36.4 Å². The lowest BCUT2D eigenvalue weighted by Crippen LogP contribution is -2.46. The zero-order valence-electron chi connectivity index (χ0n) is 14.4. The van der Waals surface area contributed by atoms with Gasteiger partial charge in [0.2, 0.25) is 0 Å². The Morgan fingerprint density at radius 2 is 1.19 bits per heavy atom. The van der Waals surface area contributed by atoms with Crippen LogP contribution < -0.4 is 9.47 Å². The van der Waals surface area contributed by atoms with Crippen LogP contribution in [0.2, 0.25) is 0 Å². The summed E-state index contributed by atoms with van der Waals surface area (Å²) in [5, 5.41) is 0. The molecule has 0 saturated carbocycles. The van der Waals surface area contributed by atoms with Gasteiger partial charge in [0.1, 0.15) is 11.5 Å². The Morgan fingerprint density at radius 1 is 0.615 bits per heavy atom. The number of ether oxygens (including phenoxy) is 2. The first-order valence-corrected chi connectivity index (χ1v) is 8.74. The smallest absolute Gasteiger partial charge is 0.193 e. The van der Waals surface area contributed by atoms with Gasteiger partial charge in [0.15, 0.2) is 11.7 Å². The van der Waals surface area contributed by atoms with Crippen molar-refractivity contribution in [2.24, 2.45) is 0 Å². The van der Waals surface area contributed by atoms with Gasteiger partial charge in [-0.25, -0.2) is 0 Å². The minimum absolute atomic E-state index is 0.294. The van der Waals surface area contributed by atoms with E-state index in [1.54, 1.807) is 0 Å². The third kappa shape index (κ3) is 3.27. The molecule has 0 radical (unpaired) electrons. The van der Waals surface area contributed by atoms with Crippen LogP contribution in [0.25, 0.3) is 0 Å². The number of hydrogen-bond acceptors (Lipinski definition) is 2. The first-order chi connectivity index (χ1) is 12.9. The van der Waals surface area contributed by atoms with Crippen molar-refractivity contribution in [1.82, 2.24) is 0 Å². The van der Waals surface area contributed by atoms with Gasteiger partial charge < -0.3 is 9.47 Å². The van der Waals surface area contributed by atoms with E-state index >= 15 is 0 Å². The molecule has 0 aromatic heterocycles. The van der Waals surface area contributed by atoms with Crippen molar-refractivity contribution in [3.8, 4) is 11.5 Å². The van der Waals surface area contributed by atoms with Crippen LogP contribution in [-0.4, -0.2) is 6.10 Å². The van der Waals surface area contributed by atoms with E-state index in [9.17, 15) is 0 Å². The molecule has 0 N–H and O–H groups in total. The van der Waals surface area contributed by atoms with Crippen molar-refractivity contribution in [1.29, 1.82) is 0 Å². The van der Waals surface area contributed by atoms with E-state index in [1.807, 2.05) is 97.1 Å². The number of benzene rings is 3. The second kappa shape index (κ2) is 7.32. The van der Waals surface area contributed by atoms with Crippen molar-refractivity contribution in [3.63, 3.8) is 0 Å². The van der Waals surface area contributed by atoms with Gasteiger partial charge in [-0.1, -0.05) is 78.9 Å². The molecule has 1 aliphatic rings. The fourth-order valence-corrected chi connectivity index (χ4v) is 3.17. The highest BCUT2D eigenvalue weighted by atomic mass is 16.6. The summed E-state index contributed by atoms with van der Waals surface area (Å²) in [5.41, 5.74) is 0.304. The number of para-hydroxylation sites is 2. The highest BCUT2D eigenvalue weighted by molar-refractivity contribution is 5.39. The maximum atomic E-state index is 6.55. The zero-order valence-corrected chi connectivity index (χ0v) is 14.4. The van der Waals surface area contributed by atoms with E-state index in [-0.39, 0.29) is 6.10 Å². The Bertz CT molecular complexity index is 885. The maximum absolute atomic E-state index is 6.55. The molecule has 0 aliphatic heterocycles. The minimum Gasteiger partial charge on any atom is -0.481 e. The lowest BCUT2D eigenvalue weighted by Gasteiger charge is -2.39. The second-order valence-electron chi connectivity index (χ2n) is 6.17. The van der Waals surface area contributed by atoms with Gasteiger partial charge in [0, 0.05) is 5.56 Å². The molecule has 4 rings (SSSR count). The highest BCUT2D eigenvalue weighted by Gasteiger charge is 2.42. The average Bonchev–Trinajstić information content (AvgIpc) is 2.72. The van der Waals surface area contributed by atoms with Gasteiger partial charge in [0.25, 0.3) is 0 Å². The first-order valence-electron chi connectivity index (χ1n) is 8.74. The zero-order chi connectivity index (χ0) is 17.7. The first kappa shape index (κ1) is 16.2. The van der Waals surface area contributed by atoms with E-state index in [1.165, 1.54) is 0 Å². The fourth-order valence-electron chi connectivity index (χ4n) is 3.17. The van der Waals surface area contributed by atoms with Crippen molar-refractivity contribution in [2.45, 2.75) is 11.7 Å². The van der Waals surface area contributed by atoms with E-state index in [4.69, 9.17) is 9.47 Å². The Balaban J connectivity index is 1.77. The molecule has 0 amide bonds. The van der Waals surface area contributed by atoms with Crippen molar-refractivity contribution in [2.75, 3.05) is 0 Å². The molecule has 26 heavy (non-hydrogen) atoms. The minimum atomic E-state index is -0.743. The predicted octanol–water partition coefficient (Wildman–Crippen LogP) is 5.53. The molecule has 2 nitrogen and oxygen atoms in total. The topological polar surface area (TPSA) is 18.5 Å². The van der Waals surface area contributed by atoms with Crippen LogP contribution in [0.5, 0.6) is 11.5 Å². The Hall–Kier alpha value is -3.26. The molecule has 0 spiro atoms. The molecule has 0 saturated heterocycles. The second-order valence-corrected chi connectivity index (χ2v) is 6.17. The van der Waals surface area contributed by atoms with Crippen molar-refractivity contribution in [3.05, 3.63) is 121 Å². The Kier molecular flexibility index (Phi) is 4.57.